The van der Waals surface area contributed by atoms with Crippen LogP contribution in [0.3, 0.4) is 0 Å². The van der Waals surface area contributed by atoms with E-state index < -0.39 is 11.7 Å². The van der Waals surface area contributed by atoms with Crippen LogP contribution in [0.4, 0.5) is 0 Å². The highest BCUT2D eigenvalue weighted by Gasteiger charge is 2.31. The summed E-state index contributed by atoms with van der Waals surface area (Å²) in [5.41, 5.74) is 0.217. The van der Waals surface area contributed by atoms with Crippen LogP contribution in [0.25, 0.3) is 0 Å². The van der Waals surface area contributed by atoms with Gasteiger partial charge in [0.05, 0.1) is 11.3 Å². The summed E-state index contributed by atoms with van der Waals surface area (Å²) in [5, 5.41) is 14.3. The third kappa shape index (κ3) is 2.58. The first-order valence-corrected chi connectivity index (χ1v) is 5.28. The standard InChI is InChI=1S/C11H20N2O2/c1-5-8-13-9(6-7-12-13)10(14)11(2,3)15-4/h6-7,10,14H,5,8H2,1-4H3. The van der Waals surface area contributed by atoms with Gasteiger partial charge in [-0.15, -0.1) is 0 Å². The van der Waals surface area contributed by atoms with Crippen molar-refractivity contribution in [2.45, 2.75) is 45.4 Å². The van der Waals surface area contributed by atoms with Gasteiger partial charge < -0.3 is 9.84 Å². The quantitative estimate of drug-likeness (QED) is 0.809. The maximum atomic E-state index is 10.2. The molecule has 0 saturated carbocycles. The van der Waals surface area contributed by atoms with Crippen molar-refractivity contribution in [1.29, 1.82) is 0 Å². The molecule has 0 fully saturated rings. The van der Waals surface area contributed by atoms with Crippen LogP contribution in [0, 0.1) is 0 Å². The molecule has 0 bridgehead atoms. The molecule has 0 radical (unpaired) electrons. The van der Waals surface area contributed by atoms with E-state index in [0.29, 0.717) is 0 Å². The number of aryl methyl sites for hydroxylation is 1. The lowest BCUT2D eigenvalue weighted by Crippen LogP contribution is -2.33. The summed E-state index contributed by atoms with van der Waals surface area (Å²) in [7, 11) is 1.60. The lowest BCUT2D eigenvalue weighted by Gasteiger charge is -2.29. The molecular formula is C11H20N2O2. The van der Waals surface area contributed by atoms with Crippen molar-refractivity contribution in [2.75, 3.05) is 7.11 Å². The lowest BCUT2D eigenvalue weighted by molar-refractivity contribution is -0.0826. The van der Waals surface area contributed by atoms with E-state index >= 15 is 0 Å². The molecule has 0 spiro atoms. The summed E-state index contributed by atoms with van der Waals surface area (Å²) in [6.45, 7) is 6.63. The van der Waals surface area contributed by atoms with Gasteiger partial charge >= 0.3 is 0 Å². The fourth-order valence-corrected chi connectivity index (χ4v) is 1.44. The molecule has 1 unspecified atom stereocenters. The molecule has 1 rings (SSSR count). The SMILES string of the molecule is CCCn1nccc1C(O)C(C)(C)OC. The van der Waals surface area contributed by atoms with Gasteiger partial charge in [0.15, 0.2) is 0 Å². The molecule has 0 amide bonds. The molecule has 0 saturated heterocycles. The summed E-state index contributed by atoms with van der Waals surface area (Å²) in [5.74, 6) is 0. The zero-order chi connectivity index (χ0) is 11.5. The number of nitrogens with zero attached hydrogens (tertiary/aromatic N) is 2. The van der Waals surface area contributed by atoms with Gasteiger partial charge in [0, 0.05) is 19.9 Å². The molecule has 86 valence electrons. The number of aliphatic hydroxyl groups is 1. The number of aliphatic hydroxyl groups excluding tert-OH is 1. The summed E-state index contributed by atoms with van der Waals surface area (Å²) >= 11 is 0. The smallest absolute Gasteiger partial charge is 0.124 e. The van der Waals surface area contributed by atoms with E-state index in [1.54, 1.807) is 13.3 Å². The second-order valence-corrected chi connectivity index (χ2v) is 4.19. The molecule has 0 aliphatic carbocycles. The van der Waals surface area contributed by atoms with E-state index in [2.05, 4.69) is 12.0 Å². The highest BCUT2D eigenvalue weighted by atomic mass is 16.5. The molecule has 1 aromatic heterocycles. The van der Waals surface area contributed by atoms with Crippen LogP contribution >= 0.6 is 0 Å². The molecule has 1 heterocycles. The normalized spacial score (nSPS) is 14.2. The number of hydrogen-bond donors (Lipinski definition) is 1. The number of aromatic nitrogens is 2. The molecular weight excluding hydrogens is 192 g/mol. The van der Waals surface area contributed by atoms with Crippen molar-refractivity contribution in [3.05, 3.63) is 18.0 Å². The fourth-order valence-electron chi connectivity index (χ4n) is 1.44. The van der Waals surface area contributed by atoms with Gasteiger partial charge in [-0.3, -0.25) is 4.68 Å². The molecule has 1 N–H and O–H groups in total. The van der Waals surface area contributed by atoms with Crippen LogP contribution in [0.15, 0.2) is 12.3 Å². The van der Waals surface area contributed by atoms with Crippen LogP contribution in [0.2, 0.25) is 0 Å². The zero-order valence-electron chi connectivity index (χ0n) is 9.90. The molecule has 1 aromatic rings. The molecule has 0 aliphatic heterocycles. The van der Waals surface area contributed by atoms with Crippen molar-refractivity contribution in [2.24, 2.45) is 0 Å². The van der Waals surface area contributed by atoms with E-state index in [9.17, 15) is 5.11 Å². The van der Waals surface area contributed by atoms with E-state index in [4.69, 9.17) is 4.74 Å². The maximum absolute atomic E-state index is 10.2. The van der Waals surface area contributed by atoms with Gasteiger partial charge in [-0.2, -0.15) is 5.10 Å². The molecule has 0 aromatic carbocycles. The first-order chi connectivity index (χ1) is 7.03. The Morgan fingerprint density at radius 3 is 2.80 bits per heavy atom. The highest BCUT2D eigenvalue weighted by molar-refractivity contribution is 5.08. The third-order valence-electron chi connectivity index (χ3n) is 2.65. The third-order valence-corrected chi connectivity index (χ3v) is 2.65. The van der Waals surface area contributed by atoms with Gasteiger partial charge in [0.25, 0.3) is 0 Å². The Morgan fingerprint density at radius 2 is 2.27 bits per heavy atom. The van der Waals surface area contributed by atoms with E-state index in [1.807, 2.05) is 24.6 Å². The minimum atomic E-state index is -0.656. The average Bonchev–Trinajstić information content (AvgIpc) is 2.65. The van der Waals surface area contributed by atoms with Crippen molar-refractivity contribution < 1.29 is 9.84 Å². The molecule has 4 heteroatoms. The van der Waals surface area contributed by atoms with Gasteiger partial charge in [0.2, 0.25) is 0 Å². The van der Waals surface area contributed by atoms with Gasteiger partial charge in [-0.25, -0.2) is 0 Å². The monoisotopic (exact) mass is 212 g/mol. The van der Waals surface area contributed by atoms with Crippen LogP contribution < -0.4 is 0 Å². The Labute approximate surface area is 90.9 Å². The largest absolute Gasteiger partial charge is 0.384 e. The van der Waals surface area contributed by atoms with Crippen LogP contribution in [-0.4, -0.2) is 27.6 Å². The summed E-state index contributed by atoms with van der Waals surface area (Å²) < 4.78 is 7.09. The number of rotatable bonds is 5. The predicted octanol–water partition coefficient (Wildman–Crippen LogP) is 1.75. The van der Waals surface area contributed by atoms with Crippen LogP contribution in [-0.2, 0) is 11.3 Å². The first-order valence-electron chi connectivity index (χ1n) is 5.28. The Morgan fingerprint density at radius 1 is 1.60 bits per heavy atom. The Bertz CT molecular complexity index is 307. The molecule has 4 nitrogen and oxygen atoms in total. The first kappa shape index (κ1) is 12.2. The van der Waals surface area contributed by atoms with Gasteiger partial charge in [-0.05, 0) is 26.3 Å². The topological polar surface area (TPSA) is 47.3 Å². The molecule has 0 aliphatic rings. The number of hydrogen-bond acceptors (Lipinski definition) is 3. The molecule has 1 atom stereocenters. The minimum Gasteiger partial charge on any atom is -0.384 e. The average molecular weight is 212 g/mol. The fraction of sp³-hybridized carbons (Fsp3) is 0.727. The second kappa shape index (κ2) is 4.77. The second-order valence-electron chi connectivity index (χ2n) is 4.19. The van der Waals surface area contributed by atoms with Crippen LogP contribution in [0.5, 0.6) is 0 Å². The van der Waals surface area contributed by atoms with E-state index in [0.717, 1.165) is 18.7 Å². The summed E-state index contributed by atoms with van der Waals surface area (Å²) in [4.78, 5) is 0. The highest BCUT2D eigenvalue weighted by Crippen LogP contribution is 2.27. The van der Waals surface area contributed by atoms with E-state index in [1.165, 1.54) is 0 Å². The molecule has 15 heavy (non-hydrogen) atoms. The zero-order valence-corrected chi connectivity index (χ0v) is 9.90. The summed E-state index contributed by atoms with van der Waals surface area (Å²) in [6, 6.07) is 1.83. The predicted molar refractivity (Wildman–Crippen MR) is 58.6 cm³/mol. The van der Waals surface area contributed by atoms with Crippen LogP contribution in [0.1, 0.15) is 39.0 Å². The summed E-state index contributed by atoms with van der Waals surface area (Å²) in [6.07, 6.45) is 2.05. The Balaban J connectivity index is 2.90. The van der Waals surface area contributed by atoms with Crippen molar-refractivity contribution in [1.82, 2.24) is 9.78 Å². The van der Waals surface area contributed by atoms with E-state index in [-0.39, 0.29) is 0 Å². The van der Waals surface area contributed by atoms with Gasteiger partial charge in [0.1, 0.15) is 6.10 Å². The number of ether oxygens (including phenoxy) is 1. The lowest BCUT2D eigenvalue weighted by atomic mass is 9.98. The van der Waals surface area contributed by atoms with Gasteiger partial charge in [-0.1, -0.05) is 6.92 Å². The maximum Gasteiger partial charge on any atom is 0.124 e. The van der Waals surface area contributed by atoms with Crippen molar-refractivity contribution in [3.63, 3.8) is 0 Å². The Hall–Kier alpha value is -0.870. The minimum absolute atomic E-state index is 0.592. The van der Waals surface area contributed by atoms with Crippen molar-refractivity contribution >= 4 is 0 Å². The van der Waals surface area contributed by atoms with Crippen molar-refractivity contribution in [3.8, 4) is 0 Å². The number of methoxy groups -OCH3 is 1. The Kier molecular flexibility index (Phi) is 3.88.